The van der Waals surface area contributed by atoms with Crippen LogP contribution in [0.5, 0.6) is 0 Å². The van der Waals surface area contributed by atoms with Crippen LogP contribution in [0.25, 0.3) is 11.3 Å². The number of rotatable bonds is 2. The number of hydrogen-bond donors (Lipinski definition) is 2. The van der Waals surface area contributed by atoms with Gasteiger partial charge in [-0.3, -0.25) is 4.98 Å². The fourth-order valence-electron chi connectivity index (χ4n) is 2.52. The van der Waals surface area contributed by atoms with Crippen LogP contribution < -0.4 is 5.32 Å². The number of likely N-dealkylation sites (N-methyl/N-ethyl adjacent to an activating group) is 1. The van der Waals surface area contributed by atoms with Crippen molar-refractivity contribution in [2.45, 2.75) is 13.0 Å². The highest BCUT2D eigenvalue weighted by Gasteiger charge is 2.22. The van der Waals surface area contributed by atoms with E-state index in [-0.39, 0.29) is 6.04 Å². The van der Waals surface area contributed by atoms with Crippen LogP contribution in [0.3, 0.4) is 0 Å². The lowest BCUT2D eigenvalue weighted by Crippen LogP contribution is -2.44. The number of nitrogens with one attached hydrogen (secondary N) is 2. The van der Waals surface area contributed by atoms with E-state index >= 15 is 0 Å². The summed E-state index contributed by atoms with van der Waals surface area (Å²) >= 11 is 0. The molecule has 0 aromatic carbocycles. The maximum atomic E-state index is 4.77. The zero-order chi connectivity index (χ0) is 13.2. The van der Waals surface area contributed by atoms with Crippen LogP contribution in [0.2, 0.25) is 0 Å². The SMILES string of the molecule is Cc1[nH]c(C2CN(C)CCN2)nc1-c1ccncc1. The number of H-pyrrole nitrogens is 1. The molecule has 3 heterocycles. The zero-order valence-electron chi connectivity index (χ0n) is 11.3. The van der Waals surface area contributed by atoms with E-state index in [1.165, 1.54) is 0 Å². The van der Waals surface area contributed by atoms with E-state index in [2.05, 4.69) is 34.2 Å². The second-order valence-electron chi connectivity index (χ2n) is 5.10. The molecule has 2 N–H and O–H groups in total. The molecule has 2 aromatic rings. The molecule has 1 aliphatic heterocycles. The maximum absolute atomic E-state index is 4.77. The lowest BCUT2D eigenvalue weighted by molar-refractivity contribution is 0.236. The summed E-state index contributed by atoms with van der Waals surface area (Å²) < 4.78 is 0. The van der Waals surface area contributed by atoms with E-state index in [4.69, 9.17) is 4.98 Å². The van der Waals surface area contributed by atoms with Crippen LogP contribution in [0.15, 0.2) is 24.5 Å². The first-order valence-electron chi connectivity index (χ1n) is 6.63. The number of imidazole rings is 1. The summed E-state index contributed by atoms with van der Waals surface area (Å²) in [5.41, 5.74) is 3.24. The third kappa shape index (κ3) is 2.52. The molecule has 1 unspecified atom stereocenters. The normalized spacial score (nSPS) is 20.6. The monoisotopic (exact) mass is 257 g/mol. The molecule has 19 heavy (non-hydrogen) atoms. The summed E-state index contributed by atoms with van der Waals surface area (Å²) in [5.74, 6) is 1.02. The van der Waals surface area contributed by atoms with Crippen molar-refractivity contribution in [1.29, 1.82) is 0 Å². The zero-order valence-corrected chi connectivity index (χ0v) is 11.3. The van der Waals surface area contributed by atoms with Gasteiger partial charge in [-0.2, -0.15) is 0 Å². The Morgan fingerprint density at radius 1 is 1.32 bits per heavy atom. The van der Waals surface area contributed by atoms with E-state index in [0.717, 1.165) is 42.4 Å². The molecule has 2 aromatic heterocycles. The van der Waals surface area contributed by atoms with Crippen LogP contribution in [0, 0.1) is 6.92 Å². The average molecular weight is 257 g/mol. The van der Waals surface area contributed by atoms with E-state index in [9.17, 15) is 0 Å². The van der Waals surface area contributed by atoms with Gasteiger partial charge in [0, 0.05) is 43.3 Å². The van der Waals surface area contributed by atoms with Gasteiger partial charge >= 0.3 is 0 Å². The number of nitrogens with zero attached hydrogens (tertiary/aromatic N) is 3. The summed E-state index contributed by atoms with van der Waals surface area (Å²) in [7, 11) is 2.15. The summed E-state index contributed by atoms with van der Waals surface area (Å²) in [4.78, 5) is 14.6. The van der Waals surface area contributed by atoms with E-state index < -0.39 is 0 Å². The summed E-state index contributed by atoms with van der Waals surface area (Å²) in [6.07, 6.45) is 3.60. The first-order chi connectivity index (χ1) is 9.24. The number of pyridine rings is 1. The molecule has 100 valence electrons. The Morgan fingerprint density at radius 3 is 2.84 bits per heavy atom. The Bertz CT molecular complexity index is 548. The molecule has 1 atom stereocenters. The minimum Gasteiger partial charge on any atom is -0.344 e. The van der Waals surface area contributed by atoms with Gasteiger partial charge in [-0.25, -0.2) is 4.98 Å². The molecule has 3 rings (SSSR count). The second-order valence-corrected chi connectivity index (χ2v) is 5.10. The first kappa shape index (κ1) is 12.3. The maximum Gasteiger partial charge on any atom is 0.125 e. The van der Waals surface area contributed by atoms with Crippen molar-refractivity contribution in [3.8, 4) is 11.3 Å². The Hall–Kier alpha value is -1.72. The van der Waals surface area contributed by atoms with Gasteiger partial charge in [0.2, 0.25) is 0 Å². The molecule has 0 aliphatic carbocycles. The average Bonchev–Trinajstić information content (AvgIpc) is 2.82. The van der Waals surface area contributed by atoms with Gasteiger partial charge in [0.1, 0.15) is 5.82 Å². The molecule has 5 heteroatoms. The number of aromatic amines is 1. The fraction of sp³-hybridized carbons (Fsp3) is 0.429. The fourth-order valence-corrected chi connectivity index (χ4v) is 2.52. The smallest absolute Gasteiger partial charge is 0.125 e. The van der Waals surface area contributed by atoms with Gasteiger partial charge in [-0.15, -0.1) is 0 Å². The second kappa shape index (κ2) is 5.11. The van der Waals surface area contributed by atoms with Crippen molar-refractivity contribution >= 4 is 0 Å². The summed E-state index contributed by atoms with van der Waals surface area (Å²) in [6, 6.07) is 4.27. The number of hydrogen-bond acceptors (Lipinski definition) is 4. The number of aromatic nitrogens is 3. The highest BCUT2D eigenvalue weighted by molar-refractivity contribution is 5.61. The van der Waals surface area contributed by atoms with E-state index in [1.54, 1.807) is 12.4 Å². The third-order valence-electron chi connectivity index (χ3n) is 3.57. The Morgan fingerprint density at radius 2 is 2.11 bits per heavy atom. The largest absolute Gasteiger partial charge is 0.344 e. The van der Waals surface area contributed by atoms with Crippen molar-refractivity contribution in [3.05, 3.63) is 36.0 Å². The molecule has 5 nitrogen and oxygen atoms in total. The molecular formula is C14H19N5. The quantitative estimate of drug-likeness (QED) is 0.853. The third-order valence-corrected chi connectivity index (χ3v) is 3.57. The predicted molar refractivity (Wildman–Crippen MR) is 74.8 cm³/mol. The molecule has 1 saturated heterocycles. The van der Waals surface area contributed by atoms with Crippen molar-refractivity contribution in [3.63, 3.8) is 0 Å². The highest BCUT2D eigenvalue weighted by Crippen LogP contribution is 2.23. The minimum absolute atomic E-state index is 0.285. The molecule has 0 saturated carbocycles. The van der Waals surface area contributed by atoms with Crippen molar-refractivity contribution in [1.82, 2.24) is 25.2 Å². The van der Waals surface area contributed by atoms with Gasteiger partial charge in [-0.1, -0.05) is 0 Å². The minimum atomic E-state index is 0.285. The lowest BCUT2D eigenvalue weighted by atomic mass is 10.2. The van der Waals surface area contributed by atoms with Gasteiger partial charge in [0.15, 0.2) is 0 Å². The van der Waals surface area contributed by atoms with Gasteiger partial charge < -0.3 is 15.2 Å². The molecule has 0 bridgehead atoms. The van der Waals surface area contributed by atoms with Crippen LogP contribution in [0.1, 0.15) is 17.6 Å². The van der Waals surface area contributed by atoms with Crippen LogP contribution in [-0.2, 0) is 0 Å². The predicted octanol–water partition coefficient (Wildman–Crippen LogP) is 1.36. The Kier molecular flexibility index (Phi) is 3.31. The molecular weight excluding hydrogens is 238 g/mol. The van der Waals surface area contributed by atoms with Crippen LogP contribution >= 0.6 is 0 Å². The number of aryl methyl sites for hydroxylation is 1. The summed E-state index contributed by atoms with van der Waals surface area (Å²) in [5, 5.41) is 3.51. The topological polar surface area (TPSA) is 56.8 Å². The highest BCUT2D eigenvalue weighted by atomic mass is 15.2. The number of piperazine rings is 1. The van der Waals surface area contributed by atoms with Gasteiger partial charge in [0.05, 0.1) is 11.7 Å². The van der Waals surface area contributed by atoms with E-state index in [1.807, 2.05) is 12.1 Å². The van der Waals surface area contributed by atoms with Crippen molar-refractivity contribution in [2.75, 3.05) is 26.7 Å². The van der Waals surface area contributed by atoms with Crippen LogP contribution in [0.4, 0.5) is 0 Å². The molecule has 0 spiro atoms. The van der Waals surface area contributed by atoms with E-state index in [0.29, 0.717) is 0 Å². The Balaban J connectivity index is 1.89. The lowest BCUT2D eigenvalue weighted by Gasteiger charge is -2.29. The van der Waals surface area contributed by atoms with Crippen LogP contribution in [-0.4, -0.2) is 46.5 Å². The van der Waals surface area contributed by atoms with Crippen molar-refractivity contribution in [2.24, 2.45) is 0 Å². The molecule has 0 amide bonds. The summed E-state index contributed by atoms with van der Waals surface area (Å²) in [6.45, 7) is 5.15. The Labute approximate surface area is 113 Å². The molecule has 0 radical (unpaired) electrons. The van der Waals surface area contributed by atoms with Crippen molar-refractivity contribution < 1.29 is 0 Å². The molecule has 1 aliphatic rings. The van der Waals surface area contributed by atoms with Gasteiger partial charge in [0.25, 0.3) is 0 Å². The van der Waals surface area contributed by atoms with Gasteiger partial charge in [-0.05, 0) is 26.1 Å². The first-order valence-corrected chi connectivity index (χ1v) is 6.63. The standard InChI is InChI=1S/C14H19N5/c1-10-13(11-3-5-15-6-4-11)18-14(17-10)12-9-19(2)8-7-16-12/h3-6,12,16H,7-9H2,1-2H3,(H,17,18). The molecule has 1 fully saturated rings.